The molecule has 4 nitrogen and oxygen atoms in total. The van der Waals surface area contributed by atoms with E-state index in [4.69, 9.17) is 10.5 Å². The van der Waals surface area contributed by atoms with Crippen LogP contribution in [0.3, 0.4) is 0 Å². The largest absolute Gasteiger partial charge is 0.399 e. The summed E-state index contributed by atoms with van der Waals surface area (Å²) in [5.41, 5.74) is 8.07. The predicted octanol–water partition coefficient (Wildman–Crippen LogP) is 3.32. The van der Waals surface area contributed by atoms with Crippen molar-refractivity contribution < 1.29 is 9.53 Å². The van der Waals surface area contributed by atoms with Gasteiger partial charge in [-0.15, -0.1) is 12.4 Å². The van der Waals surface area contributed by atoms with Gasteiger partial charge in [0.25, 0.3) is 5.91 Å². The number of methoxy groups -OCH3 is 1. The Kier molecular flexibility index (Phi) is 6.27. The Bertz CT molecular complexity index is 529. The number of nitrogens with two attached hydrogens (primary N) is 1. The Morgan fingerprint density at radius 2 is 2.05 bits per heavy atom. The third kappa shape index (κ3) is 3.08. The zero-order valence-corrected chi connectivity index (χ0v) is 14.6. The predicted molar refractivity (Wildman–Crippen MR) is 92.5 cm³/mol. The Morgan fingerprint density at radius 3 is 2.59 bits per heavy atom. The Hall–Kier alpha value is -1.26. The van der Waals surface area contributed by atoms with Gasteiger partial charge in [0.05, 0.1) is 6.10 Å². The number of anilines is 1. The molecule has 0 radical (unpaired) electrons. The Morgan fingerprint density at radius 1 is 1.41 bits per heavy atom. The molecule has 2 unspecified atom stereocenters. The maximum Gasteiger partial charge on any atom is 0.251 e. The third-order valence-corrected chi connectivity index (χ3v) is 5.20. The van der Waals surface area contributed by atoms with Gasteiger partial charge >= 0.3 is 0 Å². The van der Waals surface area contributed by atoms with Crippen LogP contribution in [0, 0.1) is 12.3 Å². The highest BCUT2D eigenvalue weighted by Gasteiger charge is 2.53. The molecule has 1 aromatic rings. The standard InChI is InChI=1S/C17H26N2O2.ClH/c1-5-17(6-2)14(10-15(17)21-4)19-16(20)13-9-12(18)8-7-11(13)3;/h7-9,14-15H,5-6,10,18H2,1-4H3,(H,19,20);1H. The van der Waals surface area contributed by atoms with E-state index >= 15 is 0 Å². The minimum atomic E-state index is -0.0365. The lowest BCUT2D eigenvalue weighted by molar-refractivity contribution is -0.120. The molecule has 2 atom stereocenters. The van der Waals surface area contributed by atoms with E-state index in [0.717, 1.165) is 24.8 Å². The van der Waals surface area contributed by atoms with E-state index in [1.54, 1.807) is 13.2 Å². The molecule has 1 saturated carbocycles. The number of carbonyl (C=O) groups is 1. The van der Waals surface area contributed by atoms with Gasteiger partial charge in [-0.25, -0.2) is 0 Å². The molecule has 1 amide bonds. The summed E-state index contributed by atoms with van der Waals surface area (Å²) < 4.78 is 5.57. The minimum Gasteiger partial charge on any atom is -0.399 e. The number of nitrogen functional groups attached to an aromatic ring is 1. The molecule has 22 heavy (non-hydrogen) atoms. The first kappa shape index (κ1) is 18.8. The van der Waals surface area contributed by atoms with Crippen LogP contribution in [0.4, 0.5) is 5.69 Å². The molecule has 1 aliphatic carbocycles. The van der Waals surface area contributed by atoms with Crippen LogP contribution < -0.4 is 11.1 Å². The van der Waals surface area contributed by atoms with Crippen LogP contribution in [0.5, 0.6) is 0 Å². The highest BCUT2D eigenvalue weighted by molar-refractivity contribution is 5.96. The molecule has 1 fully saturated rings. The average molecular weight is 327 g/mol. The summed E-state index contributed by atoms with van der Waals surface area (Å²) in [6.45, 7) is 6.26. The smallest absolute Gasteiger partial charge is 0.251 e. The zero-order valence-electron chi connectivity index (χ0n) is 13.8. The van der Waals surface area contributed by atoms with Crippen LogP contribution in [-0.2, 0) is 4.74 Å². The molecule has 0 aromatic heterocycles. The number of ether oxygens (including phenoxy) is 1. The summed E-state index contributed by atoms with van der Waals surface area (Å²) >= 11 is 0. The lowest BCUT2D eigenvalue weighted by Gasteiger charge is -2.55. The number of halogens is 1. The third-order valence-electron chi connectivity index (χ3n) is 5.20. The van der Waals surface area contributed by atoms with Gasteiger partial charge in [-0.05, 0) is 43.9 Å². The van der Waals surface area contributed by atoms with E-state index in [1.165, 1.54) is 0 Å². The van der Waals surface area contributed by atoms with E-state index in [-0.39, 0.29) is 35.9 Å². The van der Waals surface area contributed by atoms with Crippen molar-refractivity contribution >= 4 is 24.0 Å². The fraction of sp³-hybridized carbons (Fsp3) is 0.588. The number of hydrogen-bond acceptors (Lipinski definition) is 3. The van der Waals surface area contributed by atoms with Gasteiger partial charge in [-0.2, -0.15) is 0 Å². The molecule has 5 heteroatoms. The second-order valence-corrected chi connectivity index (χ2v) is 6.00. The van der Waals surface area contributed by atoms with Crippen LogP contribution in [0.25, 0.3) is 0 Å². The zero-order chi connectivity index (χ0) is 15.6. The Balaban J connectivity index is 0.00000242. The second kappa shape index (κ2) is 7.34. The summed E-state index contributed by atoms with van der Waals surface area (Å²) in [5, 5.41) is 3.18. The van der Waals surface area contributed by atoms with E-state index in [2.05, 4.69) is 19.2 Å². The number of aryl methyl sites for hydroxylation is 1. The molecule has 0 saturated heterocycles. The van der Waals surface area contributed by atoms with Crippen LogP contribution in [-0.4, -0.2) is 25.2 Å². The summed E-state index contributed by atoms with van der Waals surface area (Å²) in [6, 6.07) is 5.62. The fourth-order valence-electron chi connectivity index (χ4n) is 3.60. The lowest BCUT2D eigenvalue weighted by atomic mass is 9.58. The SMILES string of the molecule is CCC1(CC)C(NC(=O)c2cc(N)ccc2C)CC1OC.Cl. The van der Waals surface area contributed by atoms with Gasteiger partial charge < -0.3 is 15.8 Å². The van der Waals surface area contributed by atoms with Crippen LogP contribution in [0.2, 0.25) is 0 Å². The molecule has 2 rings (SSSR count). The maximum atomic E-state index is 12.5. The molecule has 1 aliphatic rings. The summed E-state index contributed by atoms with van der Waals surface area (Å²) in [4.78, 5) is 12.5. The van der Waals surface area contributed by atoms with E-state index < -0.39 is 0 Å². The van der Waals surface area contributed by atoms with Gasteiger partial charge in [-0.1, -0.05) is 19.9 Å². The highest BCUT2D eigenvalue weighted by atomic mass is 35.5. The number of benzene rings is 1. The quantitative estimate of drug-likeness (QED) is 0.816. The number of hydrogen-bond donors (Lipinski definition) is 2. The summed E-state index contributed by atoms with van der Waals surface area (Å²) in [6.07, 6.45) is 3.12. The van der Waals surface area contributed by atoms with Crippen molar-refractivity contribution in [1.29, 1.82) is 0 Å². The van der Waals surface area contributed by atoms with E-state index in [0.29, 0.717) is 11.3 Å². The first-order valence-electron chi connectivity index (χ1n) is 7.68. The average Bonchev–Trinajstić information content (AvgIpc) is 2.46. The minimum absolute atomic E-state index is 0. The molecule has 0 aliphatic heterocycles. The fourth-order valence-corrected chi connectivity index (χ4v) is 3.60. The highest BCUT2D eigenvalue weighted by Crippen LogP contribution is 2.48. The van der Waals surface area contributed by atoms with Crippen LogP contribution in [0.15, 0.2) is 18.2 Å². The van der Waals surface area contributed by atoms with Crippen molar-refractivity contribution in [3.63, 3.8) is 0 Å². The van der Waals surface area contributed by atoms with Gasteiger partial charge in [-0.3, -0.25) is 4.79 Å². The van der Waals surface area contributed by atoms with Crippen molar-refractivity contribution in [2.75, 3.05) is 12.8 Å². The molecule has 0 bridgehead atoms. The van der Waals surface area contributed by atoms with Crippen LogP contribution >= 0.6 is 12.4 Å². The van der Waals surface area contributed by atoms with E-state index in [9.17, 15) is 4.79 Å². The van der Waals surface area contributed by atoms with Crippen molar-refractivity contribution in [2.24, 2.45) is 5.41 Å². The normalized spacial score (nSPS) is 22.4. The van der Waals surface area contributed by atoms with E-state index in [1.807, 2.05) is 19.1 Å². The molecule has 124 valence electrons. The van der Waals surface area contributed by atoms with Gasteiger partial charge in [0.1, 0.15) is 0 Å². The molecule has 0 heterocycles. The monoisotopic (exact) mass is 326 g/mol. The number of rotatable bonds is 5. The topological polar surface area (TPSA) is 64.4 Å². The molecular formula is C17H27ClN2O2. The summed E-state index contributed by atoms with van der Waals surface area (Å²) in [5.74, 6) is -0.0365. The number of carbonyl (C=O) groups excluding carboxylic acids is 1. The number of nitrogens with one attached hydrogen (secondary N) is 1. The molecule has 3 N–H and O–H groups in total. The van der Waals surface area contributed by atoms with Crippen LogP contribution in [0.1, 0.15) is 49.0 Å². The first-order valence-corrected chi connectivity index (χ1v) is 7.68. The molecule has 1 aromatic carbocycles. The van der Waals surface area contributed by atoms with Crippen molar-refractivity contribution in [1.82, 2.24) is 5.32 Å². The maximum absolute atomic E-state index is 12.5. The van der Waals surface area contributed by atoms with Crippen molar-refractivity contribution in [3.05, 3.63) is 29.3 Å². The second-order valence-electron chi connectivity index (χ2n) is 6.00. The van der Waals surface area contributed by atoms with Crippen molar-refractivity contribution in [2.45, 2.75) is 52.2 Å². The number of amides is 1. The molecule has 0 spiro atoms. The Labute approximate surface area is 139 Å². The van der Waals surface area contributed by atoms with Gasteiger partial charge in [0.15, 0.2) is 0 Å². The lowest BCUT2D eigenvalue weighted by Crippen LogP contribution is -2.64. The van der Waals surface area contributed by atoms with Gasteiger partial charge in [0.2, 0.25) is 0 Å². The van der Waals surface area contributed by atoms with Gasteiger partial charge in [0, 0.05) is 29.8 Å². The summed E-state index contributed by atoms with van der Waals surface area (Å²) in [7, 11) is 1.75. The first-order chi connectivity index (χ1) is 9.98. The van der Waals surface area contributed by atoms with Crippen molar-refractivity contribution in [3.8, 4) is 0 Å². The molecular weight excluding hydrogens is 300 g/mol.